The van der Waals surface area contributed by atoms with Crippen molar-refractivity contribution in [3.63, 3.8) is 0 Å². The zero-order chi connectivity index (χ0) is 15.5. The Kier molecular flexibility index (Phi) is 4.99. The molecular weight excluding hydrogens is 267 g/mol. The van der Waals surface area contributed by atoms with Gasteiger partial charge in [0.05, 0.1) is 5.54 Å². The molecule has 0 aliphatic carbocycles. The van der Waals surface area contributed by atoms with Crippen LogP contribution in [-0.2, 0) is 4.79 Å². The summed E-state index contributed by atoms with van der Waals surface area (Å²) in [5.74, 6) is -0.182. The third-order valence-corrected chi connectivity index (χ3v) is 4.41. The van der Waals surface area contributed by atoms with Gasteiger partial charge < -0.3 is 4.90 Å². The molecule has 0 spiro atoms. The van der Waals surface area contributed by atoms with E-state index in [0.717, 1.165) is 19.3 Å². The highest BCUT2D eigenvalue weighted by molar-refractivity contribution is 5.88. The van der Waals surface area contributed by atoms with Crippen molar-refractivity contribution in [3.8, 4) is 0 Å². The second-order valence-electron chi connectivity index (χ2n) is 5.96. The average molecular weight is 292 g/mol. The van der Waals surface area contributed by atoms with Gasteiger partial charge in [0.1, 0.15) is 12.0 Å². The van der Waals surface area contributed by atoms with E-state index in [2.05, 4.69) is 12.2 Å². The quantitative estimate of drug-likeness (QED) is 0.812. The minimum Gasteiger partial charge on any atom is -0.321 e. The van der Waals surface area contributed by atoms with Crippen LogP contribution in [-0.4, -0.2) is 22.9 Å². The molecule has 0 radical (unpaired) electrons. The average Bonchev–Trinajstić information content (AvgIpc) is 2.73. The monoisotopic (exact) mass is 292 g/mol. The van der Waals surface area contributed by atoms with E-state index in [1.165, 1.54) is 6.07 Å². The second-order valence-corrected chi connectivity index (χ2v) is 5.96. The summed E-state index contributed by atoms with van der Waals surface area (Å²) >= 11 is 0. The Morgan fingerprint density at radius 3 is 2.62 bits per heavy atom. The summed E-state index contributed by atoms with van der Waals surface area (Å²) in [5, 5.41) is 3.34. The first-order valence-corrected chi connectivity index (χ1v) is 7.86. The molecule has 1 aromatic carbocycles. The lowest BCUT2D eigenvalue weighted by molar-refractivity contribution is -0.133. The largest absolute Gasteiger partial charge is 0.321 e. The van der Waals surface area contributed by atoms with Gasteiger partial charge in [0.25, 0.3) is 0 Å². The third-order valence-electron chi connectivity index (χ3n) is 4.41. The molecule has 1 aromatic rings. The highest BCUT2D eigenvalue weighted by Gasteiger charge is 2.47. The van der Waals surface area contributed by atoms with Crippen LogP contribution in [0, 0.1) is 5.82 Å². The first-order valence-electron chi connectivity index (χ1n) is 7.86. The maximum atomic E-state index is 14.1. The fraction of sp³-hybridized carbons (Fsp3) is 0.588. The van der Waals surface area contributed by atoms with Crippen molar-refractivity contribution in [2.24, 2.45) is 0 Å². The molecule has 116 valence electrons. The number of hydrogen-bond acceptors (Lipinski definition) is 2. The highest BCUT2D eigenvalue weighted by Crippen LogP contribution is 2.33. The molecule has 21 heavy (non-hydrogen) atoms. The van der Waals surface area contributed by atoms with Crippen molar-refractivity contribution >= 4 is 5.91 Å². The van der Waals surface area contributed by atoms with E-state index >= 15 is 0 Å². The van der Waals surface area contributed by atoms with Crippen LogP contribution in [0.15, 0.2) is 24.3 Å². The summed E-state index contributed by atoms with van der Waals surface area (Å²) in [6.07, 6.45) is 3.47. The van der Waals surface area contributed by atoms with E-state index in [0.29, 0.717) is 18.5 Å². The summed E-state index contributed by atoms with van der Waals surface area (Å²) in [5.41, 5.74) is -0.0429. The summed E-state index contributed by atoms with van der Waals surface area (Å²) in [6, 6.07) is 6.70. The van der Waals surface area contributed by atoms with E-state index in [1.807, 2.05) is 19.9 Å². The molecule has 3 nitrogen and oxygen atoms in total. The van der Waals surface area contributed by atoms with Gasteiger partial charge in [-0.15, -0.1) is 0 Å². The molecule has 1 N–H and O–H groups in total. The molecule has 4 heteroatoms. The van der Waals surface area contributed by atoms with Gasteiger partial charge in [-0.1, -0.05) is 44.9 Å². The molecule has 1 aliphatic rings. The summed E-state index contributed by atoms with van der Waals surface area (Å²) in [7, 11) is 0. The second kappa shape index (κ2) is 6.56. The smallest absolute Gasteiger partial charge is 0.244 e. The standard InChI is InChI=1S/C17H25FN2O/c1-4-6-9-12-20-15(13-10-7-8-11-14(13)18)19-17(3,5-2)16(20)21/h7-8,10-11,15,19H,4-6,9,12H2,1-3H3. The van der Waals surface area contributed by atoms with Gasteiger partial charge in [0.2, 0.25) is 5.91 Å². The normalized spacial score (nSPS) is 25.6. The molecule has 0 saturated carbocycles. The number of carbonyl (C=O) groups is 1. The predicted molar refractivity (Wildman–Crippen MR) is 82.2 cm³/mol. The summed E-state index contributed by atoms with van der Waals surface area (Å²) in [4.78, 5) is 14.5. The van der Waals surface area contributed by atoms with Gasteiger partial charge in [0.15, 0.2) is 0 Å². The van der Waals surface area contributed by atoms with Gasteiger partial charge in [0, 0.05) is 12.1 Å². The van der Waals surface area contributed by atoms with E-state index in [1.54, 1.807) is 17.0 Å². The van der Waals surface area contributed by atoms with Crippen LogP contribution in [0.1, 0.15) is 58.2 Å². The first-order chi connectivity index (χ1) is 10.0. The number of halogens is 1. The Morgan fingerprint density at radius 1 is 1.29 bits per heavy atom. The molecule has 1 heterocycles. The van der Waals surface area contributed by atoms with E-state index < -0.39 is 5.54 Å². The van der Waals surface area contributed by atoms with Crippen molar-refractivity contribution in [2.75, 3.05) is 6.54 Å². The Balaban J connectivity index is 2.28. The Bertz CT molecular complexity index is 505. The van der Waals surface area contributed by atoms with Gasteiger partial charge in [-0.05, 0) is 25.8 Å². The van der Waals surface area contributed by atoms with Crippen LogP contribution >= 0.6 is 0 Å². The lowest BCUT2D eigenvalue weighted by atomic mass is 9.99. The van der Waals surface area contributed by atoms with Crippen molar-refractivity contribution in [2.45, 2.75) is 58.2 Å². The first kappa shape index (κ1) is 16.0. The van der Waals surface area contributed by atoms with E-state index in [-0.39, 0.29) is 17.9 Å². The molecule has 2 unspecified atom stereocenters. The predicted octanol–water partition coefficient (Wildman–Crippen LogP) is 3.62. The fourth-order valence-corrected chi connectivity index (χ4v) is 2.83. The van der Waals surface area contributed by atoms with Crippen LogP contribution in [0.4, 0.5) is 4.39 Å². The number of nitrogens with zero attached hydrogens (tertiary/aromatic N) is 1. The van der Waals surface area contributed by atoms with Crippen LogP contribution in [0.2, 0.25) is 0 Å². The zero-order valence-corrected chi connectivity index (χ0v) is 13.2. The molecule has 1 saturated heterocycles. The molecule has 1 amide bonds. The molecule has 1 aliphatic heterocycles. The molecule has 2 rings (SSSR count). The van der Waals surface area contributed by atoms with Crippen molar-refractivity contribution in [1.82, 2.24) is 10.2 Å². The van der Waals surface area contributed by atoms with E-state index in [9.17, 15) is 9.18 Å². The van der Waals surface area contributed by atoms with Crippen molar-refractivity contribution in [3.05, 3.63) is 35.6 Å². The fourth-order valence-electron chi connectivity index (χ4n) is 2.83. The van der Waals surface area contributed by atoms with Gasteiger partial charge in [-0.3, -0.25) is 10.1 Å². The van der Waals surface area contributed by atoms with Crippen LogP contribution in [0.25, 0.3) is 0 Å². The molecular formula is C17H25FN2O. The van der Waals surface area contributed by atoms with E-state index in [4.69, 9.17) is 0 Å². The molecule has 0 aromatic heterocycles. The molecule has 1 fully saturated rings. The molecule has 0 bridgehead atoms. The number of nitrogens with one attached hydrogen (secondary N) is 1. The maximum absolute atomic E-state index is 14.1. The van der Waals surface area contributed by atoms with Crippen LogP contribution in [0.5, 0.6) is 0 Å². The third kappa shape index (κ3) is 3.10. The van der Waals surface area contributed by atoms with Crippen LogP contribution < -0.4 is 5.32 Å². The minimum absolute atomic E-state index is 0.0781. The number of rotatable bonds is 6. The molecule has 2 atom stereocenters. The number of benzene rings is 1. The van der Waals surface area contributed by atoms with Crippen molar-refractivity contribution in [1.29, 1.82) is 0 Å². The SMILES string of the molecule is CCCCCN1C(=O)C(C)(CC)NC1c1ccccc1F. The number of amides is 1. The van der Waals surface area contributed by atoms with Gasteiger partial charge in [-0.2, -0.15) is 0 Å². The Labute approximate surface area is 126 Å². The van der Waals surface area contributed by atoms with Gasteiger partial charge in [-0.25, -0.2) is 4.39 Å². The van der Waals surface area contributed by atoms with Gasteiger partial charge >= 0.3 is 0 Å². The summed E-state index contributed by atoms with van der Waals surface area (Å²) < 4.78 is 14.1. The zero-order valence-electron chi connectivity index (χ0n) is 13.2. The minimum atomic E-state index is -0.598. The Hall–Kier alpha value is -1.42. The number of carbonyl (C=O) groups excluding carboxylic acids is 1. The lowest BCUT2D eigenvalue weighted by Gasteiger charge is -2.24. The number of unbranched alkanes of at least 4 members (excludes halogenated alkanes) is 2. The summed E-state index contributed by atoms with van der Waals surface area (Å²) in [6.45, 7) is 6.70. The maximum Gasteiger partial charge on any atom is 0.244 e. The number of hydrogen-bond donors (Lipinski definition) is 1. The topological polar surface area (TPSA) is 32.3 Å². The van der Waals surface area contributed by atoms with Crippen LogP contribution in [0.3, 0.4) is 0 Å². The lowest BCUT2D eigenvalue weighted by Crippen LogP contribution is -2.43. The van der Waals surface area contributed by atoms with Crippen molar-refractivity contribution < 1.29 is 9.18 Å². The highest BCUT2D eigenvalue weighted by atomic mass is 19.1. The Morgan fingerprint density at radius 2 is 2.00 bits per heavy atom.